The fraction of sp³-hybridized carbons (Fsp3) is 0.333. The van der Waals surface area contributed by atoms with Crippen LogP contribution in [0.3, 0.4) is 0 Å². The zero-order chi connectivity index (χ0) is 16.9. The molecule has 0 spiro atoms. The fourth-order valence-electron chi connectivity index (χ4n) is 2.84. The van der Waals surface area contributed by atoms with Crippen LogP contribution in [0.25, 0.3) is 0 Å². The van der Waals surface area contributed by atoms with Crippen LogP contribution in [0.4, 0.5) is 8.78 Å². The predicted molar refractivity (Wildman–Crippen MR) is 84.2 cm³/mol. The molecule has 0 bridgehead atoms. The zero-order valence-corrected chi connectivity index (χ0v) is 13.0. The Morgan fingerprint density at radius 2 is 2.00 bits per heavy atom. The summed E-state index contributed by atoms with van der Waals surface area (Å²) in [5.74, 6) is -1.89. The third kappa shape index (κ3) is 3.94. The van der Waals surface area contributed by atoms with E-state index in [1.807, 2.05) is 12.1 Å². The summed E-state index contributed by atoms with van der Waals surface area (Å²) in [5, 5.41) is 2.94. The van der Waals surface area contributed by atoms with Crippen molar-refractivity contribution >= 4 is 5.91 Å². The minimum atomic E-state index is -0.911. The third-order valence-electron chi connectivity index (χ3n) is 4.10. The van der Waals surface area contributed by atoms with Crippen LogP contribution >= 0.6 is 0 Å². The minimum Gasteiger partial charge on any atom is -0.371 e. The van der Waals surface area contributed by atoms with Crippen LogP contribution in [0.1, 0.15) is 30.1 Å². The number of nitrogens with one attached hydrogen (secondary N) is 1. The first-order chi connectivity index (χ1) is 11.6. The van der Waals surface area contributed by atoms with Gasteiger partial charge in [0.15, 0.2) is 11.6 Å². The number of pyridine rings is 1. The second kappa shape index (κ2) is 7.49. The lowest BCUT2D eigenvalue weighted by molar-refractivity contribution is -0.122. The first-order valence-corrected chi connectivity index (χ1v) is 7.88. The van der Waals surface area contributed by atoms with Gasteiger partial charge in [0.25, 0.3) is 0 Å². The average Bonchev–Trinajstić information content (AvgIpc) is 3.04. The molecule has 1 aromatic heterocycles. The molecule has 4 nitrogen and oxygen atoms in total. The van der Waals surface area contributed by atoms with E-state index in [1.165, 1.54) is 6.07 Å². The highest BCUT2D eigenvalue weighted by Crippen LogP contribution is 2.30. The number of amides is 1. The first kappa shape index (κ1) is 16.5. The minimum absolute atomic E-state index is 0.0881. The summed E-state index contributed by atoms with van der Waals surface area (Å²) in [6.07, 6.45) is 4.55. The summed E-state index contributed by atoms with van der Waals surface area (Å²) in [7, 11) is 0. The molecule has 1 saturated heterocycles. The molecule has 0 radical (unpaired) electrons. The molecule has 1 fully saturated rings. The number of rotatable bonds is 5. The SMILES string of the molecule is O=C(CCc1ccncc1)N[C@H]1CCO[C@@H]1c1ccc(F)c(F)c1. The van der Waals surface area contributed by atoms with Gasteiger partial charge in [0.2, 0.25) is 5.91 Å². The summed E-state index contributed by atoms with van der Waals surface area (Å²) in [6, 6.07) is 7.20. The molecule has 2 heterocycles. The monoisotopic (exact) mass is 332 g/mol. The van der Waals surface area contributed by atoms with Gasteiger partial charge in [-0.1, -0.05) is 6.07 Å². The predicted octanol–water partition coefficient (Wildman–Crippen LogP) is 2.94. The maximum absolute atomic E-state index is 13.4. The Balaban J connectivity index is 1.59. The van der Waals surface area contributed by atoms with Crippen molar-refractivity contribution in [3.05, 3.63) is 65.5 Å². The van der Waals surface area contributed by atoms with Crippen molar-refractivity contribution in [1.29, 1.82) is 0 Å². The molecular formula is C18H18F2N2O2. The van der Waals surface area contributed by atoms with Crippen molar-refractivity contribution < 1.29 is 18.3 Å². The van der Waals surface area contributed by atoms with Gasteiger partial charge in [-0.05, 0) is 48.2 Å². The maximum atomic E-state index is 13.4. The Labute approximate surface area is 138 Å². The number of benzene rings is 1. The van der Waals surface area contributed by atoms with Crippen molar-refractivity contribution in [3.63, 3.8) is 0 Å². The summed E-state index contributed by atoms with van der Waals surface area (Å²) < 4.78 is 32.1. The van der Waals surface area contributed by atoms with Crippen molar-refractivity contribution in [3.8, 4) is 0 Å². The fourth-order valence-corrected chi connectivity index (χ4v) is 2.84. The Bertz CT molecular complexity index is 709. The molecule has 6 heteroatoms. The van der Waals surface area contributed by atoms with Gasteiger partial charge in [-0.25, -0.2) is 8.78 Å². The van der Waals surface area contributed by atoms with Crippen molar-refractivity contribution in [1.82, 2.24) is 10.3 Å². The van der Waals surface area contributed by atoms with Crippen LogP contribution in [0.5, 0.6) is 0 Å². The number of aryl methyl sites for hydroxylation is 1. The lowest BCUT2D eigenvalue weighted by Crippen LogP contribution is -2.37. The van der Waals surface area contributed by atoms with E-state index in [1.54, 1.807) is 12.4 Å². The number of hydrogen-bond acceptors (Lipinski definition) is 3. The average molecular weight is 332 g/mol. The Morgan fingerprint density at radius 1 is 1.21 bits per heavy atom. The summed E-state index contributed by atoms with van der Waals surface area (Å²) >= 11 is 0. The molecule has 0 saturated carbocycles. The van der Waals surface area contributed by atoms with Crippen LogP contribution in [0, 0.1) is 11.6 Å². The van der Waals surface area contributed by atoms with Gasteiger partial charge in [0, 0.05) is 25.4 Å². The van der Waals surface area contributed by atoms with Gasteiger partial charge in [-0.3, -0.25) is 9.78 Å². The third-order valence-corrected chi connectivity index (χ3v) is 4.10. The van der Waals surface area contributed by atoms with E-state index in [-0.39, 0.29) is 11.9 Å². The van der Waals surface area contributed by atoms with E-state index in [9.17, 15) is 13.6 Å². The maximum Gasteiger partial charge on any atom is 0.220 e. The van der Waals surface area contributed by atoms with E-state index >= 15 is 0 Å². The molecule has 1 amide bonds. The second-order valence-electron chi connectivity index (χ2n) is 5.78. The molecule has 2 atom stereocenters. The molecule has 2 aromatic rings. The molecular weight excluding hydrogens is 314 g/mol. The highest BCUT2D eigenvalue weighted by atomic mass is 19.2. The lowest BCUT2D eigenvalue weighted by atomic mass is 10.0. The standard InChI is InChI=1S/C18H18F2N2O2/c19-14-3-2-13(11-15(14)20)18-16(7-10-24-18)22-17(23)4-1-12-5-8-21-9-6-12/h2-3,5-6,8-9,11,16,18H,1,4,7,10H2,(H,22,23)/t16-,18+/m0/s1. The van der Waals surface area contributed by atoms with Crippen LogP contribution in [-0.2, 0) is 16.0 Å². The van der Waals surface area contributed by atoms with Gasteiger partial charge >= 0.3 is 0 Å². The molecule has 3 rings (SSSR count). The van der Waals surface area contributed by atoms with E-state index in [4.69, 9.17) is 4.74 Å². The molecule has 1 aliphatic rings. The van der Waals surface area contributed by atoms with Crippen molar-refractivity contribution in [2.45, 2.75) is 31.4 Å². The van der Waals surface area contributed by atoms with Gasteiger partial charge in [-0.15, -0.1) is 0 Å². The molecule has 0 unspecified atom stereocenters. The molecule has 1 aliphatic heterocycles. The van der Waals surface area contributed by atoms with Gasteiger partial charge < -0.3 is 10.1 Å². The molecule has 0 aliphatic carbocycles. The summed E-state index contributed by atoms with van der Waals surface area (Å²) in [6.45, 7) is 0.471. The number of aromatic nitrogens is 1. The zero-order valence-electron chi connectivity index (χ0n) is 13.0. The van der Waals surface area contributed by atoms with Crippen LogP contribution in [0.15, 0.2) is 42.7 Å². The first-order valence-electron chi connectivity index (χ1n) is 7.88. The number of carbonyl (C=O) groups is 1. The summed E-state index contributed by atoms with van der Waals surface area (Å²) in [5.41, 5.74) is 1.57. The number of hydrogen-bond donors (Lipinski definition) is 1. The van der Waals surface area contributed by atoms with Crippen LogP contribution < -0.4 is 5.32 Å². The smallest absolute Gasteiger partial charge is 0.220 e. The van der Waals surface area contributed by atoms with Crippen LogP contribution in [-0.4, -0.2) is 23.5 Å². The van der Waals surface area contributed by atoms with Crippen molar-refractivity contribution in [2.75, 3.05) is 6.61 Å². The highest BCUT2D eigenvalue weighted by Gasteiger charge is 2.31. The quantitative estimate of drug-likeness (QED) is 0.916. The highest BCUT2D eigenvalue weighted by molar-refractivity contribution is 5.76. The molecule has 126 valence electrons. The van der Waals surface area contributed by atoms with E-state index in [0.29, 0.717) is 31.4 Å². The summed E-state index contributed by atoms with van der Waals surface area (Å²) in [4.78, 5) is 16.1. The number of carbonyl (C=O) groups excluding carboxylic acids is 1. The van der Waals surface area contributed by atoms with E-state index in [2.05, 4.69) is 10.3 Å². The number of ether oxygens (including phenoxy) is 1. The van der Waals surface area contributed by atoms with Gasteiger partial charge in [0.1, 0.15) is 6.10 Å². The Morgan fingerprint density at radius 3 is 2.75 bits per heavy atom. The lowest BCUT2D eigenvalue weighted by Gasteiger charge is -2.20. The Hall–Kier alpha value is -2.34. The Kier molecular flexibility index (Phi) is 5.15. The number of halogens is 2. The van der Waals surface area contributed by atoms with Gasteiger partial charge in [0.05, 0.1) is 6.04 Å². The molecule has 1 aromatic carbocycles. The topological polar surface area (TPSA) is 51.2 Å². The van der Waals surface area contributed by atoms with Crippen molar-refractivity contribution in [2.24, 2.45) is 0 Å². The van der Waals surface area contributed by atoms with E-state index < -0.39 is 17.7 Å². The number of nitrogens with zero attached hydrogens (tertiary/aromatic N) is 1. The van der Waals surface area contributed by atoms with Crippen LogP contribution in [0.2, 0.25) is 0 Å². The second-order valence-corrected chi connectivity index (χ2v) is 5.78. The largest absolute Gasteiger partial charge is 0.371 e. The van der Waals surface area contributed by atoms with E-state index in [0.717, 1.165) is 17.7 Å². The normalized spacial score (nSPS) is 20.1. The molecule has 24 heavy (non-hydrogen) atoms. The van der Waals surface area contributed by atoms with Gasteiger partial charge in [-0.2, -0.15) is 0 Å². The molecule has 1 N–H and O–H groups in total.